The van der Waals surface area contributed by atoms with E-state index in [9.17, 15) is 13.8 Å². The lowest BCUT2D eigenvalue weighted by Crippen LogP contribution is -2.73. The van der Waals surface area contributed by atoms with E-state index >= 15 is 0 Å². The highest BCUT2D eigenvalue weighted by molar-refractivity contribution is 7.48. The molecule has 0 aliphatic carbocycles. The van der Waals surface area contributed by atoms with Gasteiger partial charge in [-0.1, -0.05) is 193 Å². The molecule has 0 radical (unpaired) electrons. The van der Waals surface area contributed by atoms with Crippen molar-refractivity contribution < 1.29 is 70.0 Å². The van der Waals surface area contributed by atoms with E-state index in [1.165, 1.54) is 0 Å². The molecule has 0 bridgehead atoms. The third-order valence-electron chi connectivity index (χ3n) is 15.2. The standard InChI is InChI=1S/C51H73O14P.C12H10OSi/c1-35-36(2)42(34-60-66(53,58-32-39-24-16-12-17-25-39)59-33-40-26-18-13-19-27-40)62-47(37(35)3)63-46-45-44(64-50(7,54-9)51(8,55-10)65-45)41(30-49(4,5)6)61-48(46)56-29-21-20-28-43(52)57-31-38-22-14-11-15-23-38;13-14(11-7-3-1-4-8-11)12-9-5-2-6-10-12/h11-19,22-27,35-37,41-42,44-48H,20-21,28-34H2,1-10H3;1-10H/t35-,36-,37?,41?,42?,44+,45-,46?,47+,48-,50?,51?;/m0./s1. The molecular weight excluding hydrogens is 1060 g/mol. The van der Waals surface area contributed by atoms with Gasteiger partial charge in [-0.15, -0.1) is 0 Å². The van der Waals surface area contributed by atoms with Crippen LogP contribution >= 0.6 is 7.82 Å². The number of carbonyl (C=O) groups is 1. The molecule has 5 aromatic rings. The molecular formula is C63H83O15PSi. The number of esters is 1. The van der Waals surface area contributed by atoms with Crippen LogP contribution in [0.2, 0.25) is 0 Å². The fourth-order valence-corrected chi connectivity index (χ4v) is 12.3. The molecule has 12 atom stereocenters. The van der Waals surface area contributed by atoms with Crippen LogP contribution in [0.3, 0.4) is 0 Å². The average Bonchev–Trinajstić information content (AvgIpc) is 3.49. The lowest BCUT2D eigenvalue weighted by Gasteiger charge is -2.58. The van der Waals surface area contributed by atoms with E-state index in [0.29, 0.717) is 19.3 Å². The Bertz CT molecular complexity index is 2600. The van der Waals surface area contributed by atoms with Gasteiger partial charge in [0.05, 0.1) is 32.0 Å². The summed E-state index contributed by atoms with van der Waals surface area (Å²) in [6.07, 6.45) is -3.18. The summed E-state index contributed by atoms with van der Waals surface area (Å²) in [7, 11) is -2.80. The minimum atomic E-state index is -4.12. The van der Waals surface area contributed by atoms with Crippen LogP contribution in [-0.4, -0.2) is 96.8 Å². The van der Waals surface area contributed by atoms with Crippen molar-refractivity contribution in [2.45, 2.75) is 156 Å². The number of benzene rings is 5. The average molecular weight is 1140 g/mol. The van der Waals surface area contributed by atoms with Gasteiger partial charge in [0.25, 0.3) is 0 Å². The van der Waals surface area contributed by atoms with Crippen LogP contribution in [-0.2, 0) is 89.8 Å². The Morgan fingerprint density at radius 2 is 1.05 bits per heavy atom. The van der Waals surface area contributed by atoms with Crippen molar-refractivity contribution in [1.29, 1.82) is 0 Å². The molecule has 0 saturated carbocycles. The monoisotopic (exact) mass is 1140 g/mol. The van der Waals surface area contributed by atoms with Gasteiger partial charge in [-0.05, 0) is 67.1 Å². The van der Waals surface area contributed by atoms with Crippen molar-refractivity contribution in [3.63, 3.8) is 0 Å². The zero-order valence-corrected chi connectivity index (χ0v) is 50.0. The molecule has 0 amide bonds. The second-order valence-corrected chi connectivity index (χ2v) is 25.8. The molecule has 0 aromatic heterocycles. The molecule has 17 heteroatoms. The largest absolute Gasteiger partial charge is 0.475 e. The van der Waals surface area contributed by atoms with E-state index in [0.717, 1.165) is 27.1 Å². The number of unbranched alkanes of at least 4 members (excludes halogenated alkanes) is 1. The summed E-state index contributed by atoms with van der Waals surface area (Å²) in [5, 5.41) is 1.84. The second kappa shape index (κ2) is 29.6. The first-order valence-corrected chi connectivity index (χ1v) is 30.7. The van der Waals surface area contributed by atoms with Gasteiger partial charge >= 0.3 is 22.5 Å². The highest BCUT2D eigenvalue weighted by Gasteiger charge is 2.64. The lowest BCUT2D eigenvalue weighted by molar-refractivity contribution is -0.486. The third-order valence-corrected chi connectivity index (χ3v) is 18.3. The lowest BCUT2D eigenvalue weighted by atomic mass is 9.79. The normalized spacial score (nSPS) is 27.7. The third kappa shape index (κ3) is 17.5. The highest BCUT2D eigenvalue weighted by Crippen LogP contribution is 2.52. The van der Waals surface area contributed by atoms with Crippen molar-refractivity contribution in [2.75, 3.05) is 27.4 Å². The fourth-order valence-electron chi connectivity index (χ4n) is 9.85. The summed E-state index contributed by atoms with van der Waals surface area (Å²) in [4.78, 5) is 12.6. The summed E-state index contributed by atoms with van der Waals surface area (Å²) in [5.41, 5.74) is 2.41. The zero-order chi connectivity index (χ0) is 57.3. The molecule has 3 saturated heterocycles. The number of phosphoric ester groups is 1. The van der Waals surface area contributed by atoms with Gasteiger partial charge in [0.1, 0.15) is 24.9 Å². The Labute approximate surface area is 475 Å². The van der Waals surface area contributed by atoms with Crippen LogP contribution in [0, 0.1) is 23.2 Å². The Hall–Kier alpha value is -4.62. The molecule has 0 N–H and O–H groups in total. The van der Waals surface area contributed by atoms with Crippen molar-refractivity contribution in [1.82, 2.24) is 0 Å². The van der Waals surface area contributed by atoms with Gasteiger partial charge in [0.2, 0.25) is 11.6 Å². The minimum absolute atomic E-state index is 0.0257. The number of hydrogen-bond acceptors (Lipinski definition) is 15. The number of fused-ring (bicyclic) bond motifs is 1. The van der Waals surface area contributed by atoms with Crippen LogP contribution in [0.4, 0.5) is 0 Å². The van der Waals surface area contributed by atoms with Crippen LogP contribution in [0.5, 0.6) is 0 Å². The number of rotatable bonds is 24. The van der Waals surface area contributed by atoms with Crippen molar-refractivity contribution in [3.05, 3.63) is 168 Å². The number of ether oxygens (including phenoxy) is 9. The van der Waals surface area contributed by atoms with E-state index in [-0.39, 0.29) is 68.6 Å². The van der Waals surface area contributed by atoms with E-state index in [2.05, 4.69) is 41.5 Å². The zero-order valence-electron chi connectivity index (χ0n) is 48.1. The van der Waals surface area contributed by atoms with Crippen LogP contribution in [0.1, 0.15) is 97.8 Å². The highest BCUT2D eigenvalue weighted by atomic mass is 31.2. The molecule has 0 spiro atoms. The summed E-state index contributed by atoms with van der Waals surface area (Å²) in [6, 6.07) is 47.7. The molecule has 80 heavy (non-hydrogen) atoms. The first-order chi connectivity index (χ1) is 38.3. The molecule has 15 nitrogen and oxygen atoms in total. The van der Waals surface area contributed by atoms with Gasteiger partial charge in [0, 0.05) is 43.5 Å². The summed E-state index contributed by atoms with van der Waals surface area (Å²) < 4.78 is 103. The molecule has 434 valence electrons. The van der Waals surface area contributed by atoms with Gasteiger partial charge in [-0.25, -0.2) is 4.57 Å². The first kappa shape index (κ1) is 63.0. The minimum Gasteiger partial charge on any atom is -0.461 e. The van der Waals surface area contributed by atoms with E-state index in [1.54, 1.807) is 28.1 Å². The summed E-state index contributed by atoms with van der Waals surface area (Å²) in [6.45, 7) is 16.7. The van der Waals surface area contributed by atoms with E-state index < -0.39 is 71.2 Å². The topological polar surface area (TPSA) is 162 Å². The smallest absolute Gasteiger partial charge is 0.461 e. The van der Waals surface area contributed by atoms with Crippen LogP contribution < -0.4 is 10.4 Å². The Balaban J connectivity index is 0.000000570. The van der Waals surface area contributed by atoms with Crippen molar-refractivity contribution in [3.8, 4) is 0 Å². The van der Waals surface area contributed by atoms with Gasteiger partial charge < -0.3 is 47.1 Å². The van der Waals surface area contributed by atoms with Crippen molar-refractivity contribution in [2.24, 2.45) is 23.2 Å². The number of methoxy groups -OCH3 is 2. The summed E-state index contributed by atoms with van der Waals surface area (Å²) in [5.74, 6) is -3.05. The predicted octanol–water partition coefficient (Wildman–Crippen LogP) is 11.4. The molecule has 3 aliphatic rings. The Morgan fingerprint density at radius 1 is 0.588 bits per heavy atom. The SMILES string of the molecule is COC1(C)O[C@@H]2C(CC(C)(C)C)O[C@H](OCCCCC(=O)OCc3ccccc3)C(O[C@H]3OC(COP(=O)(OCc4ccccc4)OCc4ccccc4)[C@@H](C)[C@H](C)C3C)[C@H]2OC1(C)OC.O=[Si](c1ccccc1)c1ccccc1. The summed E-state index contributed by atoms with van der Waals surface area (Å²) >= 11 is 0. The van der Waals surface area contributed by atoms with Gasteiger partial charge in [-0.2, -0.15) is 0 Å². The fraction of sp³-hybridized carbons (Fsp3) is 0.508. The maximum absolute atomic E-state index is 14.4. The van der Waals surface area contributed by atoms with E-state index in [1.807, 2.05) is 152 Å². The van der Waals surface area contributed by atoms with Crippen molar-refractivity contribution >= 4 is 32.8 Å². The molecule has 3 heterocycles. The maximum Gasteiger partial charge on any atom is 0.475 e. The molecule has 8 rings (SSSR count). The first-order valence-electron chi connectivity index (χ1n) is 27.8. The molecule has 3 aliphatic heterocycles. The quantitative estimate of drug-likeness (QED) is 0.0248. The van der Waals surface area contributed by atoms with E-state index in [4.69, 9.17) is 56.2 Å². The second-order valence-electron chi connectivity index (χ2n) is 22.3. The molecule has 5 aromatic carbocycles. The Morgan fingerprint density at radius 3 is 1.54 bits per heavy atom. The predicted molar refractivity (Wildman–Crippen MR) is 305 cm³/mol. The van der Waals surface area contributed by atoms with Gasteiger partial charge in [0.15, 0.2) is 12.6 Å². The van der Waals surface area contributed by atoms with Crippen LogP contribution in [0.25, 0.3) is 0 Å². The Kier molecular flexibility index (Phi) is 23.3. The molecule has 6 unspecified atom stereocenters. The van der Waals surface area contributed by atoms with Gasteiger partial charge in [-0.3, -0.25) is 18.4 Å². The number of carbonyl (C=O) groups excluding carboxylic acids is 1. The maximum atomic E-state index is 14.4. The van der Waals surface area contributed by atoms with Crippen LogP contribution in [0.15, 0.2) is 152 Å². The number of hydrogen-bond donors (Lipinski definition) is 0. The number of phosphoric acid groups is 1. The molecule has 3 fully saturated rings.